The highest BCUT2D eigenvalue weighted by Crippen LogP contribution is 2.47. The van der Waals surface area contributed by atoms with Gasteiger partial charge in [0, 0.05) is 16.2 Å². The van der Waals surface area contributed by atoms with Gasteiger partial charge in [-0.3, -0.25) is 4.79 Å². The highest BCUT2D eigenvalue weighted by molar-refractivity contribution is 7.93. The second-order valence-corrected chi connectivity index (χ2v) is 9.92. The van der Waals surface area contributed by atoms with Crippen molar-refractivity contribution in [3.05, 3.63) is 94.0 Å². The summed E-state index contributed by atoms with van der Waals surface area (Å²) in [5.41, 5.74) is 5.50. The first-order valence-electron chi connectivity index (χ1n) is 9.11. The Kier molecular flexibility index (Phi) is 5.22. The average molecular weight is 376 g/mol. The Morgan fingerprint density at radius 2 is 1.07 bits per heavy atom. The highest BCUT2D eigenvalue weighted by atomic mass is 31.2. The molecule has 3 rings (SSSR count). The zero-order valence-corrected chi connectivity index (χ0v) is 17.4. The molecule has 0 bridgehead atoms. The molecule has 0 saturated heterocycles. The van der Waals surface area contributed by atoms with Crippen molar-refractivity contribution in [2.24, 2.45) is 0 Å². The largest absolute Gasteiger partial charge is 0.305 e. The van der Waals surface area contributed by atoms with Crippen LogP contribution < -0.4 is 10.6 Å². The lowest BCUT2D eigenvalue weighted by Crippen LogP contribution is -2.23. The van der Waals surface area contributed by atoms with Crippen LogP contribution in [-0.4, -0.2) is 5.52 Å². The second-order valence-electron chi connectivity index (χ2n) is 7.27. The van der Waals surface area contributed by atoms with Crippen LogP contribution in [0.4, 0.5) is 0 Å². The fourth-order valence-electron chi connectivity index (χ4n) is 3.25. The molecule has 138 valence electrons. The lowest BCUT2D eigenvalue weighted by molar-refractivity contribution is 0.107. The second kappa shape index (κ2) is 7.29. The smallest absolute Gasteiger partial charge is 0.230 e. The van der Waals surface area contributed by atoms with Gasteiger partial charge in [0.15, 0.2) is 0 Å². The Hall–Kier alpha value is -2.44. The van der Waals surface area contributed by atoms with Gasteiger partial charge >= 0.3 is 0 Å². The summed E-state index contributed by atoms with van der Waals surface area (Å²) >= 11 is 0. The number of carbonyl (C=O) groups is 1. The van der Waals surface area contributed by atoms with E-state index in [4.69, 9.17) is 0 Å². The van der Waals surface area contributed by atoms with Crippen LogP contribution >= 0.6 is 7.14 Å². The van der Waals surface area contributed by atoms with E-state index < -0.39 is 7.14 Å². The molecule has 2 nitrogen and oxygen atoms in total. The highest BCUT2D eigenvalue weighted by Gasteiger charge is 2.37. The molecule has 0 spiro atoms. The van der Waals surface area contributed by atoms with Gasteiger partial charge in [0.05, 0.1) is 0 Å². The van der Waals surface area contributed by atoms with Gasteiger partial charge in [0.25, 0.3) is 0 Å². The van der Waals surface area contributed by atoms with Crippen LogP contribution in [0.5, 0.6) is 0 Å². The third kappa shape index (κ3) is 3.42. The molecular formula is C24H25O2P. The Bertz CT molecular complexity index is 995. The SMILES string of the molecule is Cc1ccc(P(=O)(C(=O)c2ccc(C)c(C)c2C)c2ccc(C)cc2)cc1. The van der Waals surface area contributed by atoms with Crippen LogP contribution in [0, 0.1) is 34.6 Å². The Balaban J connectivity index is 2.26. The number of benzene rings is 3. The normalized spacial score (nSPS) is 11.4. The molecule has 3 heteroatoms. The minimum Gasteiger partial charge on any atom is -0.305 e. The molecule has 3 aromatic rings. The summed E-state index contributed by atoms with van der Waals surface area (Å²) in [6, 6.07) is 18.7. The molecule has 0 aromatic heterocycles. The topological polar surface area (TPSA) is 34.1 Å². The number of aryl methyl sites for hydroxylation is 3. The molecule has 0 heterocycles. The first kappa shape index (κ1) is 19.3. The summed E-state index contributed by atoms with van der Waals surface area (Å²) in [6.45, 7) is 9.93. The molecule has 0 aliphatic heterocycles. The standard InChI is InChI=1S/C24H25O2P/c1-16-6-11-21(12-7-16)27(26,22-13-8-17(2)9-14-22)24(25)23-15-10-18(3)19(4)20(23)5/h6-15H,1-5H3. The van der Waals surface area contributed by atoms with Gasteiger partial charge in [0.2, 0.25) is 12.7 Å². The number of hydrogen-bond donors (Lipinski definition) is 0. The quantitative estimate of drug-likeness (QED) is 0.573. The maximum absolute atomic E-state index is 14.3. The summed E-state index contributed by atoms with van der Waals surface area (Å²) < 4.78 is 14.3. The number of carbonyl (C=O) groups excluding carboxylic acids is 1. The zero-order valence-electron chi connectivity index (χ0n) is 16.5. The summed E-state index contributed by atoms with van der Waals surface area (Å²) in [6.07, 6.45) is 0. The predicted octanol–water partition coefficient (Wildman–Crippen LogP) is 5.38. The Morgan fingerprint density at radius 1 is 0.630 bits per heavy atom. The lowest BCUT2D eigenvalue weighted by atomic mass is 10.00. The van der Waals surface area contributed by atoms with E-state index in [-0.39, 0.29) is 5.52 Å². The van der Waals surface area contributed by atoms with Gasteiger partial charge in [-0.1, -0.05) is 71.8 Å². The van der Waals surface area contributed by atoms with Gasteiger partial charge in [-0.05, 0) is 51.3 Å². The van der Waals surface area contributed by atoms with Crippen LogP contribution in [0.1, 0.15) is 38.2 Å². The first-order chi connectivity index (χ1) is 12.7. The van der Waals surface area contributed by atoms with Gasteiger partial charge in [0.1, 0.15) is 0 Å². The molecule has 0 amide bonds. The van der Waals surface area contributed by atoms with E-state index in [0.717, 1.165) is 27.8 Å². The fraction of sp³-hybridized carbons (Fsp3) is 0.208. The van der Waals surface area contributed by atoms with Crippen molar-refractivity contribution in [3.63, 3.8) is 0 Å². The average Bonchev–Trinajstić information content (AvgIpc) is 2.66. The monoisotopic (exact) mass is 376 g/mol. The van der Waals surface area contributed by atoms with Gasteiger partial charge in [-0.2, -0.15) is 0 Å². The molecule has 0 aliphatic carbocycles. The van der Waals surface area contributed by atoms with Crippen molar-refractivity contribution < 1.29 is 9.36 Å². The molecule has 3 aromatic carbocycles. The van der Waals surface area contributed by atoms with Crippen LogP contribution in [0.2, 0.25) is 0 Å². The summed E-state index contributed by atoms with van der Waals surface area (Å²) in [7, 11) is -3.48. The Morgan fingerprint density at radius 3 is 1.52 bits per heavy atom. The van der Waals surface area contributed by atoms with Crippen molar-refractivity contribution in [2.45, 2.75) is 34.6 Å². The maximum Gasteiger partial charge on any atom is 0.230 e. The van der Waals surface area contributed by atoms with Crippen molar-refractivity contribution in [2.75, 3.05) is 0 Å². The van der Waals surface area contributed by atoms with E-state index >= 15 is 0 Å². The minimum absolute atomic E-state index is 0.296. The summed E-state index contributed by atoms with van der Waals surface area (Å²) in [4.78, 5) is 13.7. The van der Waals surface area contributed by atoms with Gasteiger partial charge in [-0.15, -0.1) is 0 Å². The molecule has 0 radical (unpaired) electrons. The van der Waals surface area contributed by atoms with Crippen molar-refractivity contribution in [3.8, 4) is 0 Å². The minimum atomic E-state index is -3.48. The number of rotatable bonds is 4. The van der Waals surface area contributed by atoms with E-state index in [9.17, 15) is 9.36 Å². The van der Waals surface area contributed by atoms with E-state index in [0.29, 0.717) is 16.2 Å². The van der Waals surface area contributed by atoms with Crippen LogP contribution in [-0.2, 0) is 4.57 Å². The van der Waals surface area contributed by atoms with Crippen LogP contribution in [0.25, 0.3) is 0 Å². The molecule has 0 unspecified atom stereocenters. The molecule has 0 fully saturated rings. The number of hydrogen-bond acceptors (Lipinski definition) is 2. The summed E-state index contributed by atoms with van der Waals surface area (Å²) in [5.74, 6) is 0. The lowest BCUT2D eigenvalue weighted by Gasteiger charge is -2.20. The van der Waals surface area contributed by atoms with Gasteiger partial charge < -0.3 is 4.57 Å². The van der Waals surface area contributed by atoms with Crippen molar-refractivity contribution >= 4 is 23.3 Å². The molecule has 27 heavy (non-hydrogen) atoms. The van der Waals surface area contributed by atoms with Crippen LogP contribution in [0.15, 0.2) is 60.7 Å². The molecule has 0 N–H and O–H groups in total. The molecular weight excluding hydrogens is 351 g/mol. The molecule has 0 aliphatic rings. The van der Waals surface area contributed by atoms with E-state index in [1.807, 2.05) is 95.3 Å². The maximum atomic E-state index is 14.3. The molecule has 0 atom stereocenters. The zero-order chi connectivity index (χ0) is 19.8. The van der Waals surface area contributed by atoms with E-state index in [2.05, 4.69) is 0 Å². The summed E-state index contributed by atoms with van der Waals surface area (Å²) in [5, 5.41) is 1.17. The Labute approximate surface area is 161 Å². The predicted molar refractivity (Wildman–Crippen MR) is 114 cm³/mol. The molecule has 0 saturated carbocycles. The van der Waals surface area contributed by atoms with E-state index in [1.54, 1.807) is 0 Å². The van der Waals surface area contributed by atoms with Crippen molar-refractivity contribution in [1.82, 2.24) is 0 Å². The third-order valence-electron chi connectivity index (χ3n) is 5.37. The first-order valence-corrected chi connectivity index (χ1v) is 10.8. The van der Waals surface area contributed by atoms with Crippen molar-refractivity contribution in [1.29, 1.82) is 0 Å². The van der Waals surface area contributed by atoms with E-state index in [1.165, 1.54) is 0 Å². The third-order valence-corrected chi connectivity index (χ3v) is 8.23. The fourth-order valence-corrected chi connectivity index (χ4v) is 5.74. The van der Waals surface area contributed by atoms with Gasteiger partial charge in [-0.25, -0.2) is 0 Å². The van der Waals surface area contributed by atoms with Crippen LogP contribution in [0.3, 0.4) is 0 Å².